The van der Waals surface area contributed by atoms with Gasteiger partial charge < -0.3 is 20.1 Å². The van der Waals surface area contributed by atoms with E-state index in [-0.39, 0.29) is 11.3 Å². The maximum Gasteiger partial charge on any atom is 0.295 e. The van der Waals surface area contributed by atoms with Gasteiger partial charge in [-0.15, -0.1) is 0 Å². The molecular weight excluding hydrogens is 430 g/mol. The lowest BCUT2D eigenvalue weighted by atomic mass is 9.95. The fourth-order valence-corrected chi connectivity index (χ4v) is 4.32. The normalized spacial score (nSPS) is 21.2. The van der Waals surface area contributed by atoms with E-state index in [2.05, 4.69) is 10.2 Å². The van der Waals surface area contributed by atoms with Crippen LogP contribution in [0.3, 0.4) is 0 Å². The molecule has 7 nitrogen and oxygen atoms in total. The number of ketones is 1. The largest absolute Gasteiger partial charge is 0.507 e. The number of Topliss-reactive ketones (excluding diaryl/α,β-unsaturated/α-hetero) is 1. The number of ether oxygens (including phenoxy) is 1. The maximum absolute atomic E-state index is 13.1. The Kier molecular flexibility index (Phi) is 6.79. The Bertz CT molecular complexity index is 1010. The predicted octanol–water partition coefficient (Wildman–Crippen LogP) is 2.68. The van der Waals surface area contributed by atoms with E-state index in [1.165, 1.54) is 0 Å². The van der Waals surface area contributed by atoms with Crippen LogP contribution in [0.15, 0.2) is 54.1 Å². The summed E-state index contributed by atoms with van der Waals surface area (Å²) >= 11 is 6.06. The van der Waals surface area contributed by atoms with Gasteiger partial charge in [0.05, 0.1) is 18.7 Å². The number of carbonyl (C=O) groups excluding carboxylic acids is 2. The molecule has 32 heavy (non-hydrogen) atoms. The third-order valence-corrected chi connectivity index (χ3v) is 6.21. The van der Waals surface area contributed by atoms with Crippen molar-refractivity contribution in [3.63, 3.8) is 0 Å². The molecule has 2 saturated heterocycles. The second-order valence-corrected chi connectivity index (χ2v) is 8.30. The van der Waals surface area contributed by atoms with Crippen molar-refractivity contribution in [1.29, 1.82) is 0 Å². The lowest BCUT2D eigenvalue weighted by Gasteiger charge is -2.31. The van der Waals surface area contributed by atoms with E-state index in [0.29, 0.717) is 29.4 Å². The van der Waals surface area contributed by atoms with Crippen LogP contribution < -0.4 is 10.1 Å². The molecule has 0 spiro atoms. The predicted molar refractivity (Wildman–Crippen MR) is 123 cm³/mol. The summed E-state index contributed by atoms with van der Waals surface area (Å²) in [5.41, 5.74) is 1.26. The molecule has 2 heterocycles. The number of hydrogen-bond donors (Lipinski definition) is 2. The van der Waals surface area contributed by atoms with Gasteiger partial charge in [-0.05, 0) is 42.0 Å². The molecule has 2 aromatic carbocycles. The summed E-state index contributed by atoms with van der Waals surface area (Å²) in [5, 5.41) is 15.0. The molecule has 1 amide bonds. The molecule has 0 aliphatic carbocycles. The van der Waals surface area contributed by atoms with Crippen molar-refractivity contribution in [2.45, 2.75) is 6.04 Å². The molecule has 4 rings (SSSR count). The highest BCUT2D eigenvalue weighted by Gasteiger charge is 2.46. The molecular formula is C24H26ClN3O4. The van der Waals surface area contributed by atoms with E-state index in [1.54, 1.807) is 60.5 Å². The summed E-state index contributed by atoms with van der Waals surface area (Å²) in [4.78, 5) is 29.9. The summed E-state index contributed by atoms with van der Waals surface area (Å²) < 4.78 is 5.17. The molecule has 2 fully saturated rings. The van der Waals surface area contributed by atoms with Crippen molar-refractivity contribution in [1.82, 2.24) is 15.1 Å². The Morgan fingerprint density at radius 2 is 1.72 bits per heavy atom. The van der Waals surface area contributed by atoms with Crippen LogP contribution in [0.2, 0.25) is 5.02 Å². The van der Waals surface area contributed by atoms with Crippen molar-refractivity contribution in [3.05, 3.63) is 70.3 Å². The van der Waals surface area contributed by atoms with Gasteiger partial charge in [0.2, 0.25) is 0 Å². The van der Waals surface area contributed by atoms with Crippen LogP contribution in [-0.2, 0) is 9.59 Å². The minimum Gasteiger partial charge on any atom is -0.507 e. The van der Waals surface area contributed by atoms with E-state index >= 15 is 0 Å². The first-order valence-electron chi connectivity index (χ1n) is 10.6. The quantitative estimate of drug-likeness (QED) is 0.396. The standard InChI is InChI=1S/C24H26ClN3O4/c1-32-19-8-4-17(5-9-19)22(29)20-21(16-2-6-18(25)7-3-16)28(24(31)23(20)30)15-14-27-12-10-26-11-13-27/h2-9,21,26,29H,10-15H2,1H3/b22-20+/t21-/m1/s1. The highest BCUT2D eigenvalue weighted by molar-refractivity contribution is 6.46. The molecule has 0 aromatic heterocycles. The van der Waals surface area contributed by atoms with E-state index < -0.39 is 17.7 Å². The van der Waals surface area contributed by atoms with Crippen molar-refractivity contribution in [2.24, 2.45) is 0 Å². The molecule has 8 heteroatoms. The number of carbonyl (C=O) groups is 2. The molecule has 1 atom stereocenters. The fourth-order valence-electron chi connectivity index (χ4n) is 4.19. The van der Waals surface area contributed by atoms with E-state index in [9.17, 15) is 14.7 Å². The number of piperazine rings is 1. The number of nitrogens with zero attached hydrogens (tertiary/aromatic N) is 2. The smallest absolute Gasteiger partial charge is 0.295 e. The first kappa shape index (κ1) is 22.3. The van der Waals surface area contributed by atoms with Crippen molar-refractivity contribution in [3.8, 4) is 5.75 Å². The van der Waals surface area contributed by atoms with Gasteiger partial charge in [-0.1, -0.05) is 23.7 Å². The van der Waals surface area contributed by atoms with Crippen LogP contribution in [0.4, 0.5) is 0 Å². The van der Waals surface area contributed by atoms with Crippen LogP contribution in [0.5, 0.6) is 5.75 Å². The minimum atomic E-state index is -0.683. The fraction of sp³-hybridized carbons (Fsp3) is 0.333. The molecule has 2 aromatic rings. The zero-order chi connectivity index (χ0) is 22.7. The average Bonchev–Trinajstić information content (AvgIpc) is 3.08. The molecule has 168 valence electrons. The Labute approximate surface area is 192 Å². The molecule has 2 N–H and O–H groups in total. The number of aliphatic hydroxyl groups excluding tert-OH is 1. The molecule has 0 unspecified atom stereocenters. The third kappa shape index (κ3) is 4.50. The Morgan fingerprint density at radius 3 is 2.34 bits per heavy atom. The number of likely N-dealkylation sites (tertiary alicyclic amines) is 1. The summed E-state index contributed by atoms with van der Waals surface area (Å²) in [7, 11) is 1.55. The van der Waals surface area contributed by atoms with Crippen LogP contribution in [0.1, 0.15) is 17.2 Å². The Hall–Kier alpha value is -2.87. The molecule has 0 saturated carbocycles. The molecule has 0 radical (unpaired) electrons. The number of nitrogens with one attached hydrogen (secondary N) is 1. The van der Waals surface area contributed by atoms with Gasteiger partial charge in [-0.3, -0.25) is 14.5 Å². The maximum atomic E-state index is 13.1. The number of methoxy groups -OCH3 is 1. The second-order valence-electron chi connectivity index (χ2n) is 7.86. The molecule has 2 aliphatic rings. The Morgan fingerprint density at radius 1 is 1.06 bits per heavy atom. The number of halogens is 1. The van der Waals surface area contributed by atoms with Crippen LogP contribution >= 0.6 is 11.6 Å². The third-order valence-electron chi connectivity index (χ3n) is 5.96. The average molecular weight is 456 g/mol. The van der Waals surface area contributed by atoms with Crippen LogP contribution in [0.25, 0.3) is 5.76 Å². The first-order valence-corrected chi connectivity index (χ1v) is 11.0. The second kappa shape index (κ2) is 9.73. The summed E-state index contributed by atoms with van der Waals surface area (Å²) in [5.74, 6) is -0.850. The van der Waals surface area contributed by atoms with Crippen molar-refractivity contribution >= 4 is 29.1 Å². The van der Waals surface area contributed by atoms with Gasteiger partial charge in [0, 0.05) is 49.9 Å². The van der Waals surface area contributed by atoms with Crippen molar-refractivity contribution in [2.75, 3.05) is 46.4 Å². The number of aliphatic hydroxyl groups is 1. The minimum absolute atomic E-state index is 0.0859. The zero-order valence-electron chi connectivity index (χ0n) is 17.9. The van der Waals surface area contributed by atoms with Gasteiger partial charge in [-0.25, -0.2) is 0 Å². The van der Waals surface area contributed by atoms with Gasteiger partial charge >= 0.3 is 0 Å². The number of benzene rings is 2. The summed E-state index contributed by atoms with van der Waals surface area (Å²) in [6.07, 6.45) is 0. The molecule has 2 aliphatic heterocycles. The number of amides is 1. The lowest BCUT2D eigenvalue weighted by Crippen LogP contribution is -2.46. The topological polar surface area (TPSA) is 82.1 Å². The van der Waals surface area contributed by atoms with Gasteiger partial charge in [0.15, 0.2) is 0 Å². The summed E-state index contributed by atoms with van der Waals surface area (Å²) in [6, 6.07) is 13.1. The van der Waals surface area contributed by atoms with Gasteiger partial charge in [-0.2, -0.15) is 0 Å². The molecule has 0 bridgehead atoms. The zero-order valence-corrected chi connectivity index (χ0v) is 18.6. The lowest BCUT2D eigenvalue weighted by molar-refractivity contribution is -0.140. The highest BCUT2D eigenvalue weighted by Crippen LogP contribution is 2.39. The first-order chi connectivity index (χ1) is 15.5. The highest BCUT2D eigenvalue weighted by atomic mass is 35.5. The van der Waals surface area contributed by atoms with Crippen molar-refractivity contribution < 1.29 is 19.4 Å². The van der Waals surface area contributed by atoms with E-state index in [0.717, 1.165) is 31.7 Å². The van der Waals surface area contributed by atoms with Crippen LogP contribution in [-0.4, -0.2) is 73.0 Å². The number of rotatable bonds is 6. The van der Waals surface area contributed by atoms with E-state index in [1.807, 2.05) is 0 Å². The number of hydrogen-bond acceptors (Lipinski definition) is 6. The Balaban J connectivity index is 1.71. The van der Waals surface area contributed by atoms with E-state index in [4.69, 9.17) is 16.3 Å². The van der Waals surface area contributed by atoms with Gasteiger partial charge in [0.1, 0.15) is 11.5 Å². The monoisotopic (exact) mass is 455 g/mol. The summed E-state index contributed by atoms with van der Waals surface area (Å²) in [6.45, 7) is 4.62. The van der Waals surface area contributed by atoms with Gasteiger partial charge in [0.25, 0.3) is 11.7 Å². The SMILES string of the molecule is COc1ccc(/C(O)=C2\C(=O)C(=O)N(CCN3CCNCC3)[C@@H]2c2ccc(Cl)cc2)cc1. The van der Waals surface area contributed by atoms with Crippen LogP contribution in [0, 0.1) is 0 Å².